The molecule has 4 nitrogen and oxygen atoms in total. The van der Waals surface area contributed by atoms with Gasteiger partial charge in [0.15, 0.2) is 33.1 Å². The van der Waals surface area contributed by atoms with E-state index in [4.69, 9.17) is 12.2 Å². The SMILES string of the molecule is O=C1/C(=C/c2c(F)c(F)c(F)c(F)c2F)SC(=S)N1C1CCS(=O)(=O)C1. The van der Waals surface area contributed by atoms with Crippen molar-refractivity contribution in [1.82, 2.24) is 4.90 Å². The number of nitrogens with zero attached hydrogens (tertiary/aromatic N) is 1. The third-order valence-corrected chi connectivity index (χ3v) is 7.00. The zero-order chi connectivity index (χ0) is 19.4. The number of hydrogen-bond donors (Lipinski definition) is 0. The molecule has 1 aromatic rings. The predicted octanol–water partition coefficient (Wildman–Crippen LogP) is 2.77. The number of carbonyl (C=O) groups excluding carboxylic acids is 1. The molecule has 2 aliphatic rings. The molecular weight excluding hydrogens is 421 g/mol. The molecule has 0 spiro atoms. The van der Waals surface area contributed by atoms with Gasteiger partial charge in [-0.25, -0.2) is 30.4 Å². The van der Waals surface area contributed by atoms with E-state index in [1.165, 1.54) is 0 Å². The van der Waals surface area contributed by atoms with E-state index in [9.17, 15) is 35.2 Å². The third-order valence-electron chi connectivity index (χ3n) is 3.92. The van der Waals surface area contributed by atoms with Crippen LogP contribution >= 0.6 is 24.0 Å². The number of carbonyl (C=O) groups is 1. The summed E-state index contributed by atoms with van der Waals surface area (Å²) < 4.78 is 90.2. The molecule has 1 unspecified atom stereocenters. The number of hydrogen-bond acceptors (Lipinski definition) is 5. The summed E-state index contributed by atoms with van der Waals surface area (Å²) >= 11 is 5.60. The van der Waals surface area contributed by atoms with Gasteiger partial charge in [-0.15, -0.1) is 0 Å². The van der Waals surface area contributed by atoms with E-state index >= 15 is 0 Å². The van der Waals surface area contributed by atoms with Crippen molar-refractivity contribution in [1.29, 1.82) is 0 Å². The molecule has 2 saturated heterocycles. The molecule has 1 atom stereocenters. The summed E-state index contributed by atoms with van der Waals surface area (Å²) in [5.74, 6) is -12.0. The zero-order valence-electron chi connectivity index (χ0n) is 12.6. The average Bonchev–Trinajstić information content (AvgIpc) is 3.06. The Bertz CT molecular complexity index is 948. The fourth-order valence-electron chi connectivity index (χ4n) is 2.65. The van der Waals surface area contributed by atoms with E-state index in [0.717, 1.165) is 4.90 Å². The summed E-state index contributed by atoms with van der Waals surface area (Å²) in [5, 5.41) is 0. The van der Waals surface area contributed by atoms with Crippen molar-refractivity contribution in [2.24, 2.45) is 0 Å². The van der Waals surface area contributed by atoms with Crippen molar-refractivity contribution in [2.75, 3.05) is 11.5 Å². The van der Waals surface area contributed by atoms with Crippen LogP contribution in [0.25, 0.3) is 6.08 Å². The van der Waals surface area contributed by atoms with Crippen molar-refractivity contribution in [3.8, 4) is 0 Å². The molecule has 0 N–H and O–H groups in total. The first kappa shape index (κ1) is 19.2. The molecule has 0 aliphatic carbocycles. The number of thioether (sulfide) groups is 1. The Balaban J connectivity index is 2.00. The highest BCUT2D eigenvalue weighted by Gasteiger charge is 2.42. The second-order valence-electron chi connectivity index (χ2n) is 5.59. The Labute approximate surface area is 154 Å². The first-order chi connectivity index (χ1) is 12.0. The van der Waals surface area contributed by atoms with E-state index in [0.29, 0.717) is 17.8 Å². The molecule has 26 heavy (non-hydrogen) atoms. The monoisotopic (exact) mass is 429 g/mol. The molecule has 1 amide bonds. The number of halogens is 5. The van der Waals surface area contributed by atoms with Crippen molar-refractivity contribution in [3.63, 3.8) is 0 Å². The molecule has 0 radical (unpaired) electrons. The molecule has 2 fully saturated rings. The molecule has 3 rings (SSSR count). The van der Waals surface area contributed by atoms with Crippen LogP contribution in [0, 0.1) is 29.1 Å². The number of amides is 1. The average molecular weight is 429 g/mol. The quantitative estimate of drug-likeness (QED) is 0.238. The molecule has 1 aromatic carbocycles. The van der Waals surface area contributed by atoms with Crippen LogP contribution in [-0.2, 0) is 14.6 Å². The van der Waals surface area contributed by atoms with Crippen molar-refractivity contribution in [2.45, 2.75) is 12.5 Å². The van der Waals surface area contributed by atoms with Crippen LogP contribution in [0.15, 0.2) is 4.91 Å². The Morgan fingerprint density at radius 1 is 1.04 bits per heavy atom. The lowest BCUT2D eigenvalue weighted by Crippen LogP contribution is -2.39. The molecule has 12 heteroatoms. The van der Waals surface area contributed by atoms with Crippen molar-refractivity contribution in [3.05, 3.63) is 39.6 Å². The minimum absolute atomic E-state index is 0.0489. The van der Waals surface area contributed by atoms with E-state index < -0.39 is 56.4 Å². The summed E-state index contributed by atoms with van der Waals surface area (Å²) in [6.45, 7) is 0. The molecule has 0 aromatic heterocycles. The van der Waals surface area contributed by atoms with Gasteiger partial charge in [0.2, 0.25) is 5.82 Å². The largest absolute Gasteiger partial charge is 0.289 e. The first-order valence-electron chi connectivity index (χ1n) is 7.02. The maximum absolute atomic E-state index is 13.8. The van der Waals surface area contributed by atoms with E-state index in [2.05, 4.69) is 0 Å². The van der Waals surface area contributed by atoms with Gasteiger partial charge in [-0.1, -0.05) is 24.0 Å². The summed E-state index contributed by atoms with van der Waals surface area (Å²) in [5.41, 5.74) is -1.26. The maximum atomic E-state index is 13.8. The lowest BCUT2D eigenvalue weighted by molar-refractivity contribution is -0.123. The number of rotatable bonds is 2. The summed E-state index contributed by atoms with van der Waals surface area (Å²) in [4.78, 5) is 13.1. The van der Waals surface area contributed by atoms with Crippen molar-refractivity contribution >= 4 is 50.1 Å². The van der Waals surface area contributed by atoms with Crippen LogP contribution in [0.1, 0.15) is 12.0 Å². The summed E-state index contributed by atoms with van der Waals surface area (Å²) in [6, 6.07) is -0.727. The Morgan fingerprint density at radius 2 is 1.58 bits per heavy atom. The number of benzene rings is 1. The van der Waals surface area contributed by atoms with Gasteiger partial charge in [0.05, 0.1) is 28.0 Å². The van der Waals surface area contributed by atoms with Gasteiger partial charge in [0.1, 0.15) is 4.32 Å². The normalized spacial score (nSPS) is 24.1. The van der Waals surface area contributed by atoms with E-state index in [1.807, 2.05) is 0 Å². The second-order valence-corrected chi connectivity index (χ2v) is 9.50. The summed E-state index contributed by atoms with van der Waals surface area (Å²) in [6.07, 6.45) is 0.670. The fourth-order valence-corrected chi connectivity index (χ4v) is 5.74. The molecule has 2 heterocycles. The second kappa shape index (κ2) is 6.57. The van der Waals surface area contributed by atoms with Gasteiger partial charge in [0, 0.05) is 0 Å². The van der Waals surface area contributed by atoms with Gasteiger partial charge >= 0.3 is 0 Å². The van der Waals surface area contributed by atoms with Crippen LogP contribution in [0.3, 0.4) is 0 Å². The minimum atomic E-state index is -3.33. The zero-order valence-corrected chi connectivity index (χ0v) is 15.0. The summed E-state index contributed by atoms with van der Waals surface area (Å²) in [7, 11) is -3.33. The molecule has 2 aliphatic heterocycles. The molecule has 0 bridgehead atoms. The lowest BCUT2D eigenvalue weighted by atomic mass is 10.1. The van der Waals surface area contributed by atoms with Crippen LogP contribution in [0.5, 0.6) is 0 Å². The predicted molar refractivity (Wildman–Crippen MR) is 88.3 cm³/mol. The molecular formula is C14H8F5NO3S3. The van der Waals surface area contributed by atoms with Crippen LogP contribution in [0.4, 0.5) is 22.0 Å². The van der Waals surface area contributed by atoms with Crippen LogP contribution in [0.2, 0.25) is 0 Å². The highest BCUT2D eigenvalue weighted by atomic mass is 32.2. The fraction of sp³-hybridized carbons (Fsp3) is 0.286. The minimum Gasteiger partial charge on any atom is -0.289 e. The standard InChI is InChI=1S/C14H8F5NO3S3/c15-8-6(9(16)11(18)12(19)10(8)17)3-7-13(21)20(14(24)25-7)5-1-2-26(22,23)4-5/h3,5H,1-2,4H2/b7-3-. The highest BCUT2D eigenvalue weighted by molar-refractivity contribution is 8.26. The maximum Gasteiger partial charge on any atom is 0.266 e. The van der Waals surface area contributed by atoms with Gasteiger partial charge in [-0.2, -0.15) is 0 Å². The van der Waals surface area contributed by atoms with Gasteiger partial charge < -0.3 is 0 Å². The third kappa shape index (κ3) is 3.14. The van der Waals surface area contributed by atoms with Crippen molar-refractivity contribution < 1.29 is 35.2 Å². The van der Waals surface area contributed by atoms with E-state index in [1.54, 1.807) is 0 Å². The van der Waals surface area contributed by atoms with Gasteiger partial charge in [0.25, 0.3) is 5.91 Å². The molecule has 140 valence electrons. The van der Waals surface area contributed by atoms with Gasteiger partial charge in [-0.05, 0) is 12.5 Å². The lowest BCUT2D eigenvalue weighted by Gasteiger charge is -2.20. The topological polar surface area (TPSA) is 54.5 Å². The molecule has 0 saturated carbocycles. The Morgan fingerprint density at radius 3 is 2.08 bits per heavy atom. The van der Waals surface area contributed by atoms with E-state index in [-0.39, 0.29) is 27.2 Å². The van der Waals surface area contributed by atoms with Gasteiger partial charge in [-0.3, -0.25) is 9.69 Å². The Hall–Kier alpha value is -1.53. The number of thiocarbonyl (C=S) groups is 1. The smallest absolute Gasteiger partial charge is 0.266 e. The Kier molecular flexibility index (Phi) is 4.86. The highest BCUT2D eigenvalue weighted by Crippen LogP contribution is 2.37. The van der Waals surface area contributed by atoms with Crippen LogP contribution < -0.4 is 0 Å². The number of sulfone groups is 1. The van der Waals surface area contributed by atoms with Crippen LogP contribution in [-0.4, -0.2) is 41.1 Å². The first-order valence-corrected chi connectivity index (χ1v) is 10.1.